The molecule has 1 aliphatic heterocycles. The molecule has 13 heteroatoms. The molecule has 0 unspecified atom stereocenters. The fraction of sp³-hybridized carbons (Fsp3) is 0.381. The number of hydrogen-bond donors (Lipinski definition) is 1. The van der Waals surface area contributed by atoms with E-state index in [-0.39, 0.29) is 33.8 Å². The van der Waals surface area contributed by atoms with Crippen LogP contribution in [0.3, 0.4) is 0 Å². The zero-order valence-corrected chi connectivity index (χ0v) is 21.6. The van der Waals surface area contributed by atoms with Crippen molar-refractivity contribution in [3.8, 4) is 5.75 Å². The summed E-state index contributed by atoms with van der Waals surface area (Å²) in [5.74, 6) is -0.0990. The van der Waals surface area contributed by atoms with Crippen molar-refractivity contribution in [2.75, 3.05) is 43.3 Å². The van der Waals surface area contributed by atoms with E-state index in [0.29, 0.717) is 18.8 Å². The van der Waals surface area contributed by atoms with Gasteiger partial charge in [-0.3, -0.25) is 9.10 Å². The van der Waals surface area contributed by atoms with Crippen LogP contribution in [-0.4, -0.2) is 66.1 Å². The minimum absolute atomic E-state index is 0.103. The molecule has 2 aromatic carbocycles. The number of sulfonamides is 2. The van der Waals surface area contributed by atoms with Gasteiger partial charge in [0.05, 0.1) is 23.4 Å². The van der Waals surface area contributed by atoms with Crippen LogP contribution in [0.1, 0.15) is 12.8 Å². The van der Waals surface area contributed by atoms with Crippen LogP contribution in [0.25, 0.3) is 0 Å². The van der Waals surface area contributed by atoms with E-state index in [1.165, 1.54) is 34.6 Å². The Balaban J connectivity index is 1.51. The Bertz CT molecular complexity index is 1210. The van der Waals surface area contributed by atoms with Gasteiger partial charge in [0.2, 0.25) is 26.0 Å². The number of rotatable bonds is 10. The number of anilines is 1. The minimum Gasteiger partial charge on any atom is -0.492 e. The number of benzene rings is 2. The number of ether oxygens (including phenoxy) is 1. The zero-order chi connectivity index (χ0) is 24.9. The molecule has 2 aromatic rings. The molecule has 0 bridgehead atoms. The third kappa shape index (κ3) is 6.98. The second-order valence-corrected chi connectivity index (χ2v) is 12.4. The molecule has 1 amide bonds. The Kier molecular flexibility index (Phi) is 8.69. The van der Waals surface area contributed by atoms with Gasteiger partial charge in [-0.05, 0) is 55.3 Å². The smallest absolute Gasteiger partial charge is 0.243 e. The molecule has 1 fully saturated rings. The molecule has 34 heavy (non-hydrogen) atoms. The molecule has 1 N–H and O–H groups in total. The zero-order valence-electron chi connectivity index (χ0n) is 18.4. The lowest BCUT2D eigenvalue weighted by Crippen LogP contribution is -2.41. The third-order valence-corrected chi connectivity index (χ3v) is 8.53. The van der Waals surface area contributed by atoms with Gasteiger partial charge in [0.15, 0.2) is 0 Å². The van der Waals surface area contributed by atoms with Crippen LogP contribution in [0.15, 0.2) is 47.4 Å². The normalized spacial score (nSPS) is 14.7. The highest BCUT2D eigenvalue weighted by atomic mass is 35.5. The van der Waals surface area contributed by atoms with Gasteiger partial charge in [0.25, 0.3) is 0 Å². The van der Waals surface area contributed by atoms with Gasteiger partial charge in [-0.25, -0.2) is 16.8 Å². The molecule has 1 heterocycles. The van der Waals surface area contributed by atoms with Crippen LogP contribution >= 0.6 is 23.2 Å². The van der Waals surface area contributed by atoms with Gasteiger partial charge in [-0.2, -0.15) is 4.31 Å². The summed E-state index contributed by atoms with van der Waals surface area (Å²) in [4.78, 5) is 12.5. The van der Waals surface area contributed by atoms with Crippen LogP contribution in [-0.2, 0) is 24.8 Å². The highest BCUT2D eigenvalue weighted by Gasteiger charge is 2.27. The number of nitrogens with one attached hydrogen (secondary N) is 1. The second-order valence-electron chi connectivity index (χ2n) is 7.68. The summed E-state index contributed by atoms with van der Waals surface area (Å²) in [7, 11) is -7.26. The highest BCUT2D eigenvalue weighted by molar-refractivity contribution is 7.92. The lowest BCUT2D eigenvalue weighted by molar-refractivity contribution is -0.119. The first-order valence-electron chi connectivity index (χ1n) is 10.4. The van der Waals surface area contributed by atoms with E-state index in [0.717, 1.165) is 23.4 Å². The van der Waals surface area contributed by atoms with Gasteiger partial charge >= 0.3 is 0 Å². The van der Waals surface area contributed by atoms with E-state index in [9.17, 15) is 21.6 Å². The number of carbonyl (C=O) groups excluding carboxylic acids is 1. The Morgan fingerprint density at radius 2 is 1.62 bits per heavy atom. The van der Waals surface area contributed by atoms with Crippen LogP contribution in [0.5, 0.6) is 5.75 Å². The largest absolute Gasteiger partial charge is 0.492 e. The maximum Gasteiger partial charge on any atom is 0.243 e. The second kappa shape index (κ2) is 11.1. The van der Waals surface area contributed by atoms with Crippen molar-refractivity contribution in [1.29, 1.82) is 0 Å². The summed E-state index contributed by atoms with van der Waals surface area (Å²) in [6.07, 6.45) is 2.70. The molecule has 1 aliphatic rings. The maximum atomic E-state index is 12.6. The van der Waals surface area contributed by atoms with Crippen molar-refractivity contribution in [3.63, 3.8) is 0 Å². The van der Waals surface area contributed by atoms with Crippen molar-refractivity contribution in [2.24, 2.45) is 0 Å². The Morgan fingerprint density at radius 3 is 2.18 bits per heavy atom. The fourth-order valence-electron chi connectivity index (χ4n) is 3.41. The maximum absolute atomic E-state index is 12.6. The standard InChI is InChI=1S/C21H25Cl2N3O6S2/c1-33(28,29)26(18-13-16(22)12-17(23)14-18)15-21(27)24-8-11-32-19-4-6-20(7-5-19)34(30,31)25-9-2-3-10-25/h4-7,12-14H,2-3,8-11,15H2,1H3,(H,24,27). The molecule has 9 nitrogen and oxygen atoms in total. The number of amides is 1. The van der Waals surface area contributed by atoms with Crippen molar-refractivity contribution >= 4 is 54.8 Å². The topological polar surface area (TPSA) is 113 Å². The van der Waals surface area contributed by atoms with E-state index in [1.54, 1.807) is 12.1 Å². The van der Waals surface area contributed by atoms with Crippen molar-refractivity contribution in [1.82, 2.24) is 9.62 Å². The van der Waals surface area contributed by atoms with E-state index >= 15 is 0 Å². The van der Waals surface area contributed by atoms with Crippen molar-refractivity contribution < 1.29 is 26.4 Å². The van der Waals surface area contributed by atoms with Crippen LogP contribution < -0.4 is 14.4 Å². The van der Waals surface area contributed by atoms with E-state index in [4.69, 9.17) is 27.9 Å². The van der Waals surface area contributed by atoms with Gasteiger partial charge in [-0.1, -0.05) is 23.2 Å². The Labute approximate surface area is 209 Å². The van der Waals surface area contributed by atoms with Gasteiger partial charge in [0, 0.05) is 23.1 Å². The third-order valence-electron chi connectivity index (χ3n) is 5.04. The molecular formula is C21H25Cl2N3O6S2. The lowest BCUT2D eigenvalue weighted by Gasteiger charge is -2.22. The molecular weight excluding hydrogens is 525 g/mol. The van der Waals surface area contributed by atoms with Crippen LogP contribution in [0, 0.1) is 0 Å². The average Bonchev–Trinajstić information content (AvgIpc) is 3.30. The summed E-state index contributed by atoms with van der Waals surface area (Å²) in [6, 6.07) is 10.3. The Hall–Kier alpha value is -2.05. The first-order chi connectivity index (χ1) is 16.0. The molecule has 0 spiro atoms. The quantitative estimate of drug-likeness (QED) is 0.456. The van der Waals surface area contributed by atoms with Crippen molar-refractivity contribution in [2.45, 2.75) is 17.7 Å². The number of halogens is 2. The van der Waals surface area contributed by atoms with Crippen LogP contribution in [0.4, 0.5) is 5.69 Å². The molecule has 0 atom stereocenters. The SMILES string of the molecule is CS(=O)(=O)N(CC(=O)NCCOc1ccc(S(=O)(=O)N2CCCC2)cc1)c1cc(Cl)cc(Cl)c1. The summed E-state index contributed by atoms with van der Waals surface area (Å²) in [6.45, 7) is 0.813. The molecule has 0 aromatic heterocycles. The lowest BCUT2D eigenvalue weighted by atomic mass is 10.3. The first kappa shape index (κ1) is 26.6. The molecule has 0 saturated carbocycles. The average molecular weight is 550 g/mol. The summed E-state index contributed by atoms with van der Waals surface area (Å²) in [5, 5.41) is 3.07. The Morgan fingerprint density at radius 1 is 1.03 bits per heavy atom. The first-order valence-corrected chi connectivity index (χ1v) is 14.4. The van der Waals surface area contributed by atoms with E-state index < -0.39 is 32.5 Å². The summed E-state index contributed by atoms with van der Waals surface area (Å²) >= 11 is 11.9. The van der Waals surface area contributed by atoms with Crippen molar-refractivity contribution in [3.05, 3.63) is 52.5 Å². The minimum atomic E-state index is -3.77. The number of hydrogen-bond acceptors (Lipinski definition) is 6. The van der Waals surface area contributed by atoms with E-state index in [2.05, 4.69) is 5.32 Å². The number of carbonyl (C=O) groups is 1. The van der Waals surface area contributed by atoms with Crippen LogP contribution in [0.2, 0.25) is 10.0 Å². The molecule has 0 radical (unpaired) electrons. The molecule has 1 saturated heterocycles. The molecule has 0 aliphatic carbocycles. The van der Waals surface area contributed by atoms with Gasteiger partial charge < -0.3 is 10.1 Å². The monoisotopic (exact) mass is 549 g/mol. The number of nitrogens with zero attached hydrogens (tertiary/aromatic N) is 2. The molecule has 3 rings (SSSR count). The van der Waals surface area contributed by atoms with Gasteiger partial charge in [-0.15, -0.1) is 0 Å². The molecule has 186 valence electrons. The van der Waals surface area contributed by atoms with E-state index in [1.807, 2.05) is 0 Å². The fourth-order valence-corrected chi connectivity index (χ4v) is 6.29. The highest BCUT2D eigenvalue weighted by Crippen LogP contribution is 2.27. The summed E-state index contributed by atoms with van der Waals surface area (Å²) in [5.41, 5.74) is 0.176. The van der Waals surface area contributed by atoms with Gasteiger partial charge in [0.1, 0.15) is 18.9 Å². The predicted octanol–water partition coefficient (Wildman–Crippen LogP) is 2.74. The predicted molar refractivity (Wildman–Crippen MR) is 132 cm³/mol. The summed E-state index contributed by atoms with van der Waals surface area (Å²) < 4.78 is 57.4.